The molecule has 0 atom stereocenters. The number of hydrogen-bond donors (Lipinski definition) is 0. The van der Waals surface area contributed by atoms with Gasteiger partial charge in [-0.25, -0.2) is 0 Å². The topological polar surface area (TPSA) is 34.1 Å². The third-order valence-corrected chi connectivity index (χ3v) is 2.44. The predicted octanol–water partition coefficient (Wildman–Crippen LogP) is 1.56. The van der Waals surface area contributed by atoms with E-state index < -0.39 is 0 Å². The molecule has 0 aromatic carbocycles. The average molecular weight is 162 g/mol. The molecular formula is C10H10O2. The Morgan fingerprint density at radius 1 is 1.00 bits per heavy atom. The van der Waals surface area contributed by atoms with Gasteiger partial charge in [-0.05, 0) is 37.3 Å². The van der Waals surface area contributed by atoms with E-state index in [0.717, 1.165) is 36.8 Å². The van der Waals surface area contributed by atoms with E-state index in [1.54, 1.807) is 6.08 Å². The zero-order valence-corrected chi connectivity index (χ0v) is 6.80. The minimum Gasteiger partial charge on any atom is -0.286 e. The monoisotopic (exact) mass is 162 g/mol. The van der Waals surface area contributed by atoms with Crippen LogP contribution < -0.4 is 0 Å². The van der Waals surface area contributed by atoms with E-state index in [-0.39, 0.29) is 11.6 Å². The van der Waals surface area contributed by atoms with Gasteiger partial charge in [-0.3, -0.25) is 9.59 Å². The van der Waals surface area contributed by atoms with Crippen molar-refractivity contribution < 1.29 is 9.59 Å². The van der Waals surface area contributed by atoms with Crippen LogP contribution in [0.1, 0.15) is 25.7 Å². The molecule has 2 nitrogen and oxygen atoms in total. The maximum atomic E-state index is 11.3. The summed E-state index contributed by atoms with van der Waals surface area (Å²) >= 11 is 0. The Balaban J connectivity index is 2.41. The number of ketones is 2. The summed E-state index contributed by atoms with van der Waals surface area (Å²) in [4.78, 5) is 22.3. The molecule has 2 aliphatic rings. The van der Waals surface area contributed by atoms with Gasteiger partial charge in [0.2, 0.25) is 11.6 Å². The minimum atomic E-state index is -0.351. The number of rotatable bonds is 0. The van der Waals surface area contributed by atoms with Crippen molar-refractivity contribution in [2.24, 2.45) is 0 Å². The lowest BCUT2D eigenvalue weighted by Crippen LogP contribution is -2.20. The van der Waals surface area contributed by atoms with Crippen LogP contribution in [0.25, 0.3) is 0 Å². The van der Waals surface area contributed by atoms with Gasteiger partial charge in [-0.2, -0.15) is 0 Å². The van der Waals surface area contributed by atoms with Crippen molar-refractivity contribution in [3.05, 3.63) is 23.3 Å². The van der Waals surface area contributed by atoms with E-state index in [9.17, 15) is 9.59 Å². The molecule has 12 heavy (non-hydrogen) atoms. The van der Waals surface area contributed by atoms with Crippen LogP contribution in [0.3, 0.4) is 0 Å². The fourth-order valence-corrected chi connectivity index (χ4v) is 1.77. The van der Waals surface area contributed by atoms with Gasteiger partial charge in [0.15, 0.2) is 0 Å². The van der Waals surface area contributed by atoms with Crippen LogP contribution in [0.4, 0.5) is 0 Å². The normalized spacial score (nSPS) is 23.0. The largest absolute Gasteiger partial charge is 0.286 e. The maximum absolute atomic E-state index is 11.3. The molecule has 0 fully saturated rings. The number of carbonyl (C=O) groups is 2. The Hall–Kier alpha value is -1.18. The van der Waals surface area contributed by atoms with Crippen LogP contribution >= 0.6 is 0 Å². The van der Waals surface area contributed by atoms with E-state index in [1.807, 2.05) is 0 Å². The summed E-state index contributed by atoms with van der Waals surface area (Å²) in [5.74, 6) is -0.622. The smallest absolute Gasteiger partial charge is 0.229 e. The lowest BCUT2D eigenvalue weighted by molar-refractivity contribution is -0.131. The molecule has 0 unspecified atom stereocenters. The van der Waals surface area contributed by atoms with Crippen LogP contribution in [0, 0.1) is 0 Å². The lowest BCUT2D eigenvalue weighted by atomic mass is 9.85. The second-order valence-corrected chi connectivity index (χ2v) is 3.24. The van der Waals surface area contributed by atoms with Crippen molar-refractivity contribution in [3.8, 4) is 0 Å². The first-order valence-corrected chi connectivity index (χ1v) is 4.28. The molecule has 2 rings (SSSR count). The quantitative estimate of drug-likeness (QED) is 0.400. The SMILES string of the molecule is O=C1C=CC2=C(CCCC2)C1=O. The molecule has 0 amide bonds. The first kappa shape index (κ1) is 7.47. The van der Waals surface area contributed by atoms with Gasteiger partial charge in [0.05, 0.1) is 0 Å². The molecule has 0 saturated heterocycles. The Labute approximate surface area is 71.0 Å². The summed E-state index contributed by atoms with van der Waals surface area (Å²) in [6.07, 6.45) is 7.15. The standard InChI is InChI=1S/C10H10O2/c11-9-6-5-7-3-1-2-4-8(7)10(9)12/h5-6H,1-4H2. The van der Waals surface area contributed by atoms with E-state index in [0.29, 0.717) is 0 Å². The molecule has 2 aliphatic carbocycles. The molecule has 0 N–H and O–H groups in total. The summed E-state index contributed by atoms with van der Waals surface area (Å²) in [7, 11) is 0. The molecule has 0 bridgehead atoms. The summed E-state index contributed by atoms with van der Waals surface area (Å²) in [6, 6.07) is 0. The molecule has 0 aromatic rings. The molecule has 0 aromatic heterocycles. The molecule has 0 aliphatic heterocycles. The summed E-state index contributed by atoms with van der Waals surface area (Å²) in [6.45, 7) is 0. The van der Waals surface area contributed by atoms with Gasteiger partial charge in [0.25, 0.3) is 0 Å². The van der Waals surface area contributed by atoms with E-state index in [1.165, 1.54) is 6.08 Å². The highest BCUT2D eigenvalue weighted by molar-refractivity contribution is 6.48. The fourth-order valence-electron chi connectivity index (χ4n) is 1.77. The average Bonchev–Trinajstić information content (AvgIpc) is 2.12. The van der Waals surface area contributed by atoms with Crippen LogP contribution in [0.5, 0.6) is 0 Å². The highest BCUT2D eigenvalue weighted by atomic mass is 16.2. The number of hydrogen-bond acceptors (Lipinski definition) is 2. The van der Waals surface area contributed by atoms with Gasteiger partial charge >= 0.3 is 0 Å². The Bertz CT molecular complexity index is 308. The zero-order valence-electron chi connectivity index (χ0n) is 6.80. The van der Waals surface area contributed by atoms with Gasteiger partial charge in [0, 0.05) is 5.57 Å². The maximum Gasteiger partial charge on any atom is 0.229 e. The van der Waals surface area contributed by atoms with E-state index in [2.05, 4.69) is 0 Å². The number of Topliss-reactive ketones (excluding diaryl/α,β-unsaturated/α-hetero) is 1. The first-order valence-electron chi connectivity index (χ1n) is 4.28. The number of allylic oxidation sites excluding steroid dienone is 4. The van der Waals surface area contributed by atoms with Crippen molar-refractivity contribution in [1.29, 1.82) is 0 Å². The molecule has 0 spiro atoms. The highest BCUT2D eigenvalue weighted by Crippen LogP contribution is 2.28. The summed E-state index contributed by atoms with van der Waals surface area (Å²) in [5, 5.41) is 0. The van der Waals surface area contributed by atoms with Gasteiger partial charge < -0.3 is 0 Å². The second kappa shape index (κ2) is 2.70. The minimum absolute atomic E-state index is 0.271. The third-order valence-electron chi connectivity index (χ3n) is 2.44. The van der Waals surface area contributed by atoms with Crippen LogP contribution in [0.15, 0.2) is 23.3 Å². The van der Waals surface area contributed by atoms with Crippen molar-refractivity contribution in [2.45, 2.75) is 25.7 Å². The van der Waals surface area contributed by atoms with Crippen molar-refractivity contribution >= 4 is 11.6 Å². The third kappa shape index (κ3) is 1.04. The molecule has 0 radical (unpaired) electrons. The molecule has 62 valence electrons. The predicted molar refractivity (Wildman–Crippen MR) is 44.6 cm³/mol. The summed E-state index contributed by atoms with van der Waals surface area (Å²) in [5.41, 5.74) is 1.86. The Morgan fingerprint density at radius 2 is 1.75 bits per heavy atom. The zero-order chi connectivity index (χ0) is 8.55. The summed E-state index contributed by atoms with van der Waals surface area (Å²) < 4.78 is 0. The van der Waals surface area contributed by atoms with E-state index in [4.69, 9.17) is 0 Å². The van der Waals surface area contributed by atoms with Crippen LogP contribution in [0.2, 0.25) is 0 Å². The van der Waals surface area contributed by atoms with Crippen molar-refractivity contribution in [1.82, 2.24) is 0 Å². The molecule has 2 heteroatoms. The van der Waals surface area contributed by atoms with Gasteiger partial charge in [0.1, 0.15) is 0 Å². The van der Waals surface area contributed by atoms with Gasteiger partial charge in [-0.15, -0.1) is 0 Å². The molecule has 0 heterocycles. The highest BCUT2D eigenvalue weighted by Gasteiger charge is 2.24. The Morgan fingerprint density at radius 3 is 2.58 bits per heavy atom. The Kier molecular flexibility index (Phi) is 1.68. The van der Waals surface area contributed by atoms with Crippen molar-refractivity contribution in [3.63, 3.8) is 0 Å². The lowest BCUT2D eigenvalue weighted by Gasteiger charge is -2.18. The molecule has 0 saturated carbocycles. The number of carbonyl (C=O) groups excluding carboxylic acids is 2. The molecular weight excluding hydrogens is 152 g/mol. The second-order valence-electron chi connectivity index (χ2n) is 3.24. The van der Waals surface area contributed by atoms with Crippen LogP contribution in [-0.4, -0.2) is 11.6 Å². The van der Waals surface area contributed by atoms with Crippen molar-refractivity contribution in [2.75, 3.05) is 0 Å². The first-order chi connectivity index (χ1) is 5.79. The van der Waals surface area contributed by atoms with Gasteiger partial charge in [-0.1, -0.05) is 6.08 Å². The fraction of sp³-hybridized carbons (Fsp3) is 0.400. The van der Waals surface area contributed by atoms with E-state index >= 15 is 0 Å². The van der Waals surface area contributed by atoms with Crippen LogP contribution in [-0.2, 0) is 9.59 Å².